The number of ether oxygens (including phenoxy) is 1. The van der Waals surface area contributed by atoms with Crippen molar-refractivity contribution < 1.29 is 9.53 Å². The summed E-state index contributed by atoms with van der Waals surface area (Å²) < 4.78 is 4.99. The smallest absolute Gasteiger partial charge is 0.323 e. The lowest BCUT2D eigenvalue weighted by Gasteiger charge is -2.33. The van der Waals surface area contributed by atoms with Crippen molar-refractivity contribution in [2.24, 2.45) is 5.92 Å². The van der Waals surface area contributed by atoms with E-state index in [1.165, 1.54) is 7.11 Å². The van der Waals surface area contributed by atoms with E-state index in [4.69, 9.17) is 4.74 Å². The monoisotopic (exact) mass is 242 g/mol. The first-order valence-electron chi connectivity index (χ1n) is 6.77. The van der Waals surface area contributed by atoms with Crippen molar-refractivity contribution in [2.45, 2.75) is 39.2 Å². The maximum Gasteiger partial charge on any atom is 0.323 e. The first-order valence-corrected chi connectivity index (χ1v) is 6.77. The molecule has 0 bridgehead atoms. The van der Waals surface area contributed by atoms with Crippen LogP contribution in [0.4, 0.5) is 0 Å². The van der Waals surface area contributed by atoms with Crippen molar-refractivity contribution in [2.75, 3.05) is 33.3 Å². The Morgan fingerprint density at radius 3 is 2.59 bits per heavy atom. The number of esters is 1. The molecule has 1 N–H and O–H groups in total. The standard InChI is InChI=1S/C13H26N2O2/c1-4-11(5-2)12(13(16)17-3)15-9-6-7-14-8-10-15/h11-12,14H,4-10H2,1-3H3. The lowest BCUT2D eigenvalue weighted by atomic mass is 9.92. The third-order valence-corrected chi connectivity index (χ3v) is 3.71. The molecular weight excluding hydrogens is 216 g/mol. The highest BCUT2D eigenvalue weighted by atomic mass is 16.5. The molecule has 1 atom stereocenters. The topological polar surface area (TPSA) is 41.6 Å². The minimum absolute atomic E-state index is 0.0603. The van der Waals surface area contributed by atoms with E-state index in [2.05, 4.69) is 24.1 Å². The van der Waals surface area contributed by atoms with Gasteiger partial charge in [-0.15, -0.1) is 0 Å². The average molecular weight is 242 g/mol. The minimum Gasteiger partial charge on any atom is -0.468 e. The molecule has 0 aromatic rings. The summed E-state index contributed by atoms with van der Waals surface area (Å²) in [5, 5.41) is 3.37. The first kappa shape index (κ1) is 14.5. The molecule has 0 radical (unpaired) electrons. The third kappa shape index (κ3) is 3.96. The Morgan fingerprint density at radius 1 is 1.29 bits per heavy atom. The van der Waals surface area contributed by atoms with Crippen LogP contribution in [-0.4, -0.2) is 50.2 Å². The zero-order valence-corrected chi connectivity index (χ0v) is 11.4. The summed E-state index contributed by atoms with van der Waals surface area (Å²) >= 11 is 0. The molecular formula is C13H26N2O2. The molecule has 4 nitrogen and oxygen atoms in total. The maximum absolute atomic E-state index is 12.0. The number of methoxy groups -OCH3 is 1. The van der Waals surface area contributed by atoms with Crippen molar-refractivity contribution in [1.82, 2.24) is 10.2 Å². The largest absolute Gasteiger partial charge is 0.468 e. The van der Waals surface area contributed by atoms with Crippen LogP contribution in [0.25, 0.3) is 0 Å². The van der Waals surface area contributed by atoms with Crippen molar-refractivity contribution in [3.8, 4) is 0 Å². The number of carbonyl (C=O) groups excluding carboxylic acids is 1. The van der Waals surface area contributed by atoms with Crippen molar-refractivity contribution in [1.29, 1.82) is 0 Å². The fourth-order valence-corrected chi connectivity index (χ4v) is 2.64. The molecule has 0 saturated carbocycles. The molecule has 100 valence electrons. The lowest BCUT2D eigenvalue weighted by molar-refractivity contribution is -0.149. The quantitative estimate of drug-likeness (QED) is 0.737. The van der Waals surface area contributed by atoms with Crippen molar-refractivity contribution in [3.63, 3.8) is 0 Å². The summed E-state index contributed by atoms with van der Waals surface area (Å²) in [6.07, 6.45) is 3.16. The molecule has 1 aliphatic heterocycles. The van der Waals surface area contributed by atoms with E-state index in [0.29, 0.717) is 5.92 Å². The van der Waals surface area contributed by atoms with Gasteiger partial charge in [-0.25, -0.2) is 0 Å². The van der Waals surface area contributed by atoms with Gasteiger partial charge in [-0.3, -0.25) is 9.69 Å². The van der Waals surface area contributed by atoms with E-state index in [1.54, 1.807) is 0 Å². The Bertz CT molecular complexity index is 221. The Kier molecular flexibility index (Phi) is 6.52. The number of rotatable bonds is 5. The molecule has 1 heterocycles. The number of nitrogens with one attached hydrogen (secondary N) is 1. The van der Waals surface area contributed by atoms with Gasteiger partial charge >= 0.3 is 5.97 Å². The number of hydrogen-bond donors (Lipinski definition) is 1. The molecule has 1 rings (SSSR count). The molecule has 4 heteroatoms. The molecule has 0 spiro atoms. The third-order valence-electron chi connectivity index (χ3n) is 3.71. The fourth-order valence-electron chi connectivity index (χ4n) is 2.64. The zero-order valence-electron chi connectivity index (χ0n) is 11.4. The Hall–Kier alpha value is -0.610. The van der Waals surface area contributed by atoms with Gasteiger partial charge in [0.15, 0.2) is 0 Å². The van der Waals surface area contributed by atoms with Crippen molar-refractivity contribution in [3.05, 3.63) is 0 Å². The second kappa shape index (κ2) is 7.67. The van der Waals surface area contributed by atoms with E-state index < -0.39 is 0 Å². The molecule has 1 aliphatic rings. The van der Waals surface area contributed by atoms with Crippen LogP contribution in [0.2, 0.25) is 0 Å². The average Bonchev–Trinajstić information content (AvgIpc) is 2.63. The SMILES string of the molecule is CCC(CC)C(C(=O)OC)N1CCCNCC1. The number of carbonyl (C=O) groups is 1. The van der Waals surface area contributed by atoms with Crippen molar-refractivity contribution >= 4 is 5.97 Å². The predicted octanol–water partition coefficient (Wildman–Crippen LogP) is 1.26. The van der Waals surface area contributed by atoms with E-state index in [0.717, 1.165) is 45.4 Å². The van der Waals surface area contributed by atoms with Gasteiger partial charge in [-0.1, -0.05) is 26.7 Å². The van der Waals surface area contributed by atoms with Crippen LogP contribution in [0.3, 0.4) is 0 Å². The van der Waals surface area contributed by atoms with Gasteiger partial charge in [0.25, 0.3) is 0 Å². The zero-order chi connectivity index (χ0) is 12.7. The molecule has 0 aromatic heterocycles. The maximum atomic E-state index is 12.0. The van der Waals surface area contributed by atoms with Gasteiger partial charge in [-0.05, 0) is 18.9 Å². The lowest BCUT2D eigenvalue weighted by Crippen LogP contribution is -2.48. The fraction of sp³-hybridized carbons (Fsp3) is 0.923. The van der Waals surface area contributed by atoms with E-state index >= 15 is 0 Å². The van der Waals surface area contributed by atoms with Crippen LogP contribution >= 0.6 is 0 Å². The second-order valence-electron chi connectivity index (χ2n) is 4.68. The Labute approximate surface area is 105 Å². The number of hydrogen-bond acceptors (Lipinski definition) is 4. The summed E-state index contributed by atoms with van der Waals surface area (Å²) in [6.45, 7) is 8.25. The van der Waals surface area contributed by atoms with Crippen LogP contribution in [0.15, 0.2) is 0 Å². The molecule has 0 aliphatic carbocycles. The summed E-state index contributed by atoms with van der Waals surface area (Å²) in [5.41, 5.74) is 0. The molecule has 17 heavy (non-hydrogen) atoms. The van der Waals surface area contributed by atoms with Crippen LogP contribution in [0.5, 0.6) is 0 Å². The second-order valence-corrected chi connectivity index (χ2v) is 4.68. The molecule has 1 unspecified atom stereocenters. The summed E-state index contributed by atoms with van der Waals surface area (Å²) in [4.78, 5) is 14.3. The predicted molar refractivity (Wildman–Crippen MR) is 68.9 cm³/mol. The summed E-state index contributed by atoms with van der Waals surface area (Å²) in [5.74, 6) is 0.334. The minimum atomic E-state index is -0.0689. The first-order chi connectivity index (χ1) is 8.24. The number of nitrogens with zero attached hydrogens (tertiary/aromatic N) is 1. The van der Waals surface area contributed by atoms with Crippen LogP contribution in [0, 0.1) is 5.92 Å². The highest BCUT2D eigenvalue weighted by molar-refractivity contribution is 5.76. The Balaban J connectivity index is 2.75. The molecule has 0 aromatic carbocycles. The van der Waals surface area contributed by atoms with Gasteiger partial charge in [0.2, 0.25) is 0 Å². The summed E-state index contributed by atoms with van der Waals surface area (Å²) in [7, 11) is 1.49. The molecule has 1 saturated heterocycles. The van der Waals surface area contributed by atoms with Gasteiger partial charge < -0.3 is 10.1 Å². The van der Waals surface area contributed by atoms with Crippen LogP contribution in [-0.2, 0) is 9.53 Å². The van der Waals surface area contributed by atoms with E-state index in [-0.39, 0.29) is 12.0 Å². The molecule has 0 amide bonds. The Morgan fingerprint density at radius 2 is 2.00 bits per heavy atom. The van der Waals surface area contributed by atoms with Gasteiger partial charge in [-0.2, -0.15) is 0 Å². The van der Waals surface area contributed by atoms with Gasteiger partial charge in [0, 0.05) is 19.6 Å². The van der Waals surface area contributed by atoms with Crippen LogP contribution < -0.4 is 5.32 Å². The summed E-state index contributed by atoms with van der Waals surface area (Å²) in [6, 6.07) is -0.0603. The van der Waals surface area contributed by atoms with E-state index in [1.807, 2.05) is 0 Å². The van der Waals surface area contributed by atoms with Crippen LogP contribution in [0.1, 0.15) is 33.1 Å². The highest BCUT2D eigenvalue weighted by Crippen LogP contribution is 2.20. The van der Waals surface area contributed by atoms with Gasteiger partial charge in [0.05, 0.1) is 7.11 Å². The van der Waals surface area contributed by atoms with Gasteiger partial charge in [0.1, 0.15) is 6.04 Å². The van der Waals surface area contributed by atoms with E-state index in [9.17, 15) is 4.79 Å². The normalized spacial score (nSPS) is 20.0. The molecule has 1 fully saturated rings. The highest BCUT2D eigenvalue weighted by Gasteiger charge is 2.32.